The van der Waals surface area contributed by atoms with Gasteiger partial charge in [-0.1, -0.05) is 141 Å². The van der Waals surface area contributed by atoms with E-state index in [1.807, 2.05) is 6.08 Å². The smallest absolute Gasteiger partial charge is 0.462 e. The summed E-state index contributed by atoms with van der Waals surface area (Å²) in [5.74, 6) is -1.15. The van der Waals surface area contributed by atoms with E-state index in [2.05, 4.69) is 32.1 Å². The lowest BCUT2D eigenvalue weighted by atomic mass is 9.85. The lowest BCUT2D eigenvalue weighted by molar-refractivity contribution is -0.220. The van der Waals surface area contributed by atoms with Crippen LogP contribution in [0.5, 0.6) is 0 Å². The highest BCUT2D eigenvalue weighted by molar-refractivity contribution is 7.47. The molecule has 0 aromatic heterocycles. The summed E-state index contributed by atoms with van der Waals surface area (Å²) in [5.41, 5.74) is 0. The van der Waals surface area contributed by atoms with E-state index in [-0.39, 0.29) is 12.8 Å². The van der Waals surface area contributed by atoms with Gasteiger partial charge in [0.15, 0.2) is 6.10 Å². The van der Waals surface area contributed by atoms with Crippen molar-refractivity contribution in [2.75, 3.05) is 13.2 Å². The number of aliphatic hydroxyl groups is 5. The van der Waals surface area contributed by atoms with Crippen molar-refractivity contribution in [2.45, 2.75) is 211 Å². The van der Waals surface area contributed by atoms with Crippen molar-refractivity contribution >= 4 is 19.8 Å². The highest BCUT2D eigenvalue weighted by Gasteiger charge is 2.51. The molecule has 13 nitrogen and oxygen atoms in total. The van der Waals surface area contributed by atoms with Crippen molar-refractivity contribution in [3.8, 4) is 0 Å². The van der Waals surface area contributed by atoms with E-state index in [0.717, 1.165) is 38.5 Å². The van der Waals surface area contributed by atoms with Gasteiger partial charge in [0.1, 0.15) is 43.2 Å². The van der Waals surface area contributed by atoms with Crippen LogP contribution < -0.4 is 0 Å². The van der Waals surface area contributed by atoms with Crippen LogP contribution in [-0.2, 0) is 32.7 Å². The molecule has 0 radical (unpaired) electrons. The molecule has 1 aliphatic rings. The second-order valence-corrected chi connectivity index (χ2v) is 16.3. The molecule has 0 heterocycles. The second-order valence-electron chi connectivity index (χ2n) is 14.8. The van der Waals surface area contributed by atoms with E-state index in [4.69, 9.17) is 18.5 Å². The zero-order valence-corrected chi connectivity index (χ0v) is 34.6. The van der Waals surface area contributed by atoms with Crippen LogP contribution in [0.1, 0.15) is 168 Å². The number of allylic oxidation sites excluding steroid dienone is 4. The Bertz CT molecular complexity index is 1070. The molecular weight excluding hydrogens is 731 g/mol. The molecule has 0 saturated heterocycles. The maximum Gasteiger partial charge on any atom is 0.472 e. The number of phosphoric acid groups is 1. The van der Waals surface area contributed by atoms with Crippen LogP contribution >= 0.6 is 7.82 Å². The summed E-state index contributed by atoms with van der Waals surface area (Å²) >= 11 is 0. The van der Waals surface area contributed by atoms with Gasteiger partial charge in [-0.2, -0.15) is 0 Å². The largest absolute Gasteiger partial charge is 0.472 e. The van der Waals surface area contributed by atoms with E-state index >= 15 is 0 Å². The van der Waals surface area contributed by atoms with E-state index < -0.39 is 75.7 Å². The molecule has 1 saturated carbocycles. The van der Waals surface area contributed by atoms with Gasteiger partial charge in [-0.3, -0.25) is 18.6 Å². The Kier molecular flexibility index (Phi) is 30.2. The molecule has 1 fully saturated rings. The van der Waals surface area contributed by atoms with E-state index in [0.29, 0.717) is 19.3 Å². The van der Waals surface area contributed by atoms with Crippen LogP contribution in [0.3, 0.4) is 0 Å². The van der Waals surface area contributed by atoms with Crippen molar-refractivity contribution in [1.29, 1.82) is 0 Å². The minimum atomic E-state index is -5.11. The van der Waals surface area contributed by atoms with Gasteiger partial charge in [-0.15, -0.1) is 0 Å². The monoisotopic (exact) mass is 806 g/mol. The van der Waals surface area contributed by atoms with Crippen LogP contribution in [0.2, 0.25) is 0 Å². The van der Waals surface area contributed by atoms with Crippen LogP contribution in [0.25, 0.3) is 0 Å². The number of esters is 2. The van der Waals surface area contributed by atoms with E-state index in [9.17, 15) is 44.6 Å². The Hall–Kier alpha value is -1.67. The summed E-state index contributed by atoms with van der Waals surface area (Å²) in [5, 5.41) is 49.9. The van der Waals surface area contributed by atoms with Crippen molar-refractivity contribution in [2.24, 2.45) is 0 Å². The van der Waals surface area contributed by atoms with Crippen LogP contribution in [0.4, 0.5) is 0 Å². The van der Waals surface area contributed by atoms with Gasteiger partial charge in [0.2, 0.25) is 0 Å². The number of unbranched alkanes of at least 4 members (excludes halogenated alkanes) is 18. The third kappa shape index (κ3) is 25.3. The Balaban J connectivity index is 2.49. The summed E-state index contributed by atoms with van der Waals surface area (Å²) in [7, 11) is -5.11. The van der Waals surface area contributed by atoms with Gasteiger partial charge in [0.05, 0.1) is 6.61 Å². The first-order chi connectivity index (χ1) is 26.4. The molecule has 6 N–H and O–H groups in total. The maximum atomic E-state index is 12.7. The number of phosphoric ester groups is 1. The van der Waals surface area contributed by atoms with Gasteiger partial charge in [0.25, 0.3) is 0 Å². The number of ether oxygens (including phenoxy) is 2. The molecule has 0 amide bonds. The first kappa shape index (κ1) is 51.3. The van der Waals surface area contributed by atoms with Crippen molar-refractivity contribution in [3.05, 3.63) is 24.3 Å². The fourth-order valence-electron chi connectivity index (χ4n) is 6.33. The number of aliphatic hydroxyl groups excluding tert-OH is 5. The maximum absolute atomic E-state index is 12.7. The summed E-state index contributed by atoms with van der Waals surface area (Å²) < 4.78 is 33.3. The van der Waals surface area contributed by atoms with Gasteiger partial charge in [-0.25, -0.2) is 4.57 Å². The molecule has 1 rings (SSSR count). The van der Waals surface area contributed by atoms with Gasteiger partial charge in [-0.05, 0) is 38.5 Å². The van der Waals surface area contributed by atoms with Crippen LogP contribution in [0, 0.1) is 0 Å². The zero-order chi connectivity index (χ0) is 40.7. The van der Waals surface area contributed by atoms with Crippen LogP contribution in [0.15, 0.2) is 24.3 Å². The molecule has 0 spiro atoms. The molecule has 6 unspecified atom stereocenters. The van der Waals surface area contributed by atoms with Crippen molar-refractivity contribution in [1.82, 2.24) is 0 Å². The first-order valence-corrected chi connectivity index (χ1v) is 22.6. The minimum Gasteiger partial charge on any atom is -0.462 e. The molecule has 14 heteroatoms. The number of carbonyl (C=O) groups excluding carboxylic acids is 2. The van der Waals surface area contributed by atoms with Crippen molar-refractivity contribution < 1.29 is 63.1 Å². The van der Waals surface area contributed by atoms with Gasteiger partial charge < -0.3 is 39.9 Å². The Labute approximate surface area is 330 Å². The summed E-state index contributed by atoms with van der Waals surface area (Å²) in [6.45, 7) is 3.21. The van der Waals surface area contributed by atoms with Gasteiger partial charge >= 0.3 is 19.8 Å². The molecule has 0 aliphatic heterocycles. The second kappa shape index (κ2) is 32.3. The molecular formula is C41H75O13P. The zero-order valence-electron chi connectivity index (χ0n) is 33.7. The number of hydrogen-bond acceptors (Lipinski definition) is 12. The molecule has 55 heavy (non-hydrogen) atoms. The predicted molar refractivity (Wildman–Crippen MR) is 212 cm³/mol. The predicted octanol–water partition coefficient (Wildman–Crippen LogP) is 7.28. The Morgan fingerprint density at radius 2 is 1.00 bits per heavy atom. The fourth-order valence-corrected chi connectivity index (χ4v) is 7.30. The summed E-state index contributed by atoms with van der Waals surface area (Å²) in [6, 6.07) is 0. The SMILES string of the molecule is CCCCCCCCCCC/C=C/C/C=C/CCCC(=O)OC[C@@H](COP(=O)(O)OC1C(O)C(O)C(O)[C@H](O)C1O)OC(=O)CCCCCCCCCCC. The molecule has 322 valence electrons. The highest BCUT2D eigenvalue weighted by Crippen LogP contribution is 2.47. The van der Waals surface area contributed by atoms with Crippen LogP contribution in [-0.4, -0.2) is 98.3 Å². The molecule has 0 aromatic rings. The standard InChI is InChI=1S/C41H75O13P/c1-3-5-7-9-11-13-14-15-16-17-18-19-20-22-23-25-27-29-34(42)51-31-33(53-35(43)30-28-26-24-21-12-10-8-6-4-2)32-52-55(49,50)54-41-39(47)37(45)36(44)38(46)40(41)48/h18-19,22-23,33,36-41,44-48H,3-17,20-21,24-32H2,1-2H3,(H,49,50)/b19-18+,23-22+/t33-,36?,37-,38?,39?,40?,41?/m0/s1. The average Bonchev–Trinajstić information content (AvgIpc) is 3.16. The number of rotatable bonds is 34. The topological polar surface area (TPSA) is 210 Å². The number of carbonyl (C=O) groups is 2. The lowest BCUT2D eigenvalue weighted by Crippen LogP contribution is -2.64. The summed E-state index contributed by atoms with van der Waals surface area (Å²) in [4.78, 5) is 35.4. The Morgan fingerprint density at radius 3 is 1.53 bits per heavy atom. The van der Waals surface area contributed by atoms with Gasteiger partial charge in [0, 0.05) is 12.8 Å². The molecule has 0 bridgehead atoms. The molecule has 0 aromatic carbocycles. The fraction of sp³-hybridized carbons (Fsp3) is 0.854. The third-order valence-electron chi connectivity index (χ3n) is 9.80. The quantitative estimate of drug-likeness (QED) is 0.0164. The molecule has 8 atom stereocenters. The summed E-state index contributed by atoms with van der Waals surface area (Å²) in [6.07, 6.45) is 19.9. The lowest BCUT2D eigenvalue weighted by Gasteiger charge is -2.41. The highest BCUT2D eigenvalue weighted by atomic mass is 31.2. The average molecular weight is 807 g/mol. The van der Waals surface area contributed by atoms with E-state index in [1.54, 1.807) is 0 Å². The first-order valence-electron chi connectivity index (χ1n) is 21.1. The number of hydrogen-bond donors (Lipinski definition) is 6. The minimum absolute atomic E-state index is 0.0902. The normalized spacial score (nSPS) is 23.3. The third-order valence-corrected chi connectivity index (χ3v) is 10.8. The molecule has 1 aliphatic carbocycles. The van der Waals surface area contributed by atoms with Crippen molar-refractivity contribution in [3.63, 3.8) is 0 Å². The Morgan fingerprint density at radius 1 is 0.564 bits per heavy atom. The van der Waals surface area contributed by atoms with E-state index in [1.165, 1.54) is 83.5 Å².